The van der Waals surface area contributed by atoms with Crippen LogP contribution >= 0.6 is 0 Å². The maximum atomic E-state index is 5.45. The van der Waals surface area contributed by atoms with Crippen molar-refractivity contribution in [3.63, 3.8) is 0 Å². The molecular weight excluding hydrogens is 226 g/mol. The number of methoxy groups -OCH3 is 1. The van der Waals surface area contributed by atoms with Crippen molar-refractivity contribution in [3.05, 3.63) is 11.9 Å². The first kappa shape index (κ1) is 13.4. The average molecular weight is 251 g/mol. The fourth-order valence-electron chi connectivity index (χ4n) is 3.44. The predicted octanol–water partition coefficient (Wildman–Crippen LogP) is 2.52. The highest BCUT2D eigenvalue weighted by Crippen LogP contribution is 2.49. The summed E-state index contributed by atoms with van der Waals surface area (Å²) in [5, 5.41) is 7.80. The van der Waals surface area contributed by atoms with E-state index in [2.05, 4.69) is 24.3 Å². The largest absolute Gasteiger partial charge is 0.493 e. The number of aromatic nitrogens is 2. The third-order valence-electron chi connectivity index (χ3n) is 4.52. The molecule has 1 aromatic heterocycles. The van der Waals surface area contributed by atoms with Crippen molar-refractivity contribution in [1.82, 2.24) is 15.1 Å². The molecule has 0 amide bonds. The fourth-order valence-corrected chi connectivity index (χ4v) is 3.44. The lowest BCUT2D eigenvalue weighted by Crippen LogP contribution is -2.33. The Morgan fingerprint density at radius 3 is 2.78 bits per heavy atom. The fraction of sp³-hybridized carbons (Fsp3) is 0.786. The second kappa shape index (κ2) is 4.92. The van der Waals surface area contributed by atoms with Crippen LogP contribution in [0.25, 0.3) is 0 Å². The second-order valence-corrected chi connectivity index (χ2v) is 5.98. The highest BCUT2D eigenvalue weighted by atomic mass is 16.5. The average Bonchev–Trinajstić information content (AvgIpc) is 2.85. The van der Waals surface area contributed by atoms with Gasteiger partial charge in [0, 0.05) is 7.05 Å². The molecule has 4 nitrogen and oxygen atoms in total. The Bertz CT molecular complexity index is 411. The van der Waals surface area contributed by atoms with Crippen LogP contribution in [-0.4, -0.2) is 23.9 Å². The highest BCUT2D eigenvalue weighted by Gasteiger charge is 2.41. The van der Waals surface area contributed by atoms with Crippen LogP contribution in [0.4, 0.5) is 0 Å². The number of ether oxygens (including phenoxy) is 1. The Labute approximate surface area is 110 Å². The van der Waals surface area contributed by atoms with E-state index in [4.69, 9.17) is 4.74 Å². The van der Waals surface area contributed by atoms with Crippen molar-refractivity contribution in [2.75, 3.05) is 14.2 Å². The summed E-state index contributed by atoms with van der Waals surface area (Å²) in [5.41, 5.74) is 1.54. The molecule has 0 radical (unpaired) electrons. The van der Waals surface area contributed by atoms with E-state index in [1.54, 1.807) is 7.11 Å². The Morgan fingerprint density at radius 1 is 1.56 bits per heavy atom. The number of nitrogens with zero attached hydrogens (tertiary/aromatic N) is 2. The first-order chi connectivity index (χ1) is 8.51. The van der Waals surface area contributed by atoms with E-state index in [1.807, 2.05) is 25.0 Å². The zero-order chi connectivity index (χ0) is 13.3. The zero-order valence-corrected chi connectivity index (χ0v) is 12.2. The summed E-state index contributed by atoms with van der Waals surface area (Å²) in [5.74, 6) is 1.52. The first-order valence-corrected chi connectivity index (χ1v) is 6.74. The molecule has 4 heteroatoms. The molecule has 1 fully saturated rings. The van der Waals surface area contributed by atoms with Crippen LogP contribution < -0.4 is 10.1 Å². The smallest absolute Gasteiger partial charge is 0.161 e. The van der Waals surface area contributed by atoms with Crippen LogP contribution in [0.2, 0.25) is 0 Å². The number of hydrogen-bond acceptors (Lipinski definition) is 3. The summed E-state index contributed by atoms with van der Waals surface area (Å²) in [6.45, 7) is 4.75. The van der Waals surface area contributed by atoms with E-state index in [1.165, 1.54) is 25.0 Å². The Hall–Kier alpha value is -1.03. The molecule has 102 valence electrons. The van der Waals surface area contributed by atoms with E-state index >= 15 is 0 Å². The molecule has 2 rings (SSSR count). The van der Waals surface area contributed by atoms with Crippen LogP contribution in [0.15, 0.2) is 6.20 Å². The van der Waals surface area contributed by atoms with Gasteiger partial charge in [0.25, 0.3) is 0 Å². The molecular formula is C14H25N3O. The van der Waals surface area contributed by atoms with Crippen LogP contribution in [0, 0.1) is 11.3 Å². The normalized spacial score (nSPS) is 24.2. The SMILES string of the molecule is CNC(c1c(OC)cnn1C)C1CCCC1(C)C. The van der Waals surface area contributed by atoms with Crippen molar-refractivity contribution < 1.29 is 4.74 Å². The highest BCUT2D eigenvalue weighted by molar-refractivity contribution is 5.29. The summed E-state index contributed by atoms with van der Waals surface area (Å²) < 4.78 is 7.39. The standard InChI is InChI=1S/C14H25N3O/c1-14(2)8-6-7-10(14)12(15-3)13-11(18-5)9-16-17(13)4/h9-10,12,15H,6-8H2,1-5H3. The summed E-state index contributed by atoms with van der Waals surface area (Å²) in [4.78, 5) is 0. The summed E-state index contributed by atoms with van der Waals surface area (Å²) in [7, 11) is 5.74. The van der Waals surface area contributed by atoms with Crippen molar-refractivity contribution in [2.45, 2.75) is 39.2 Å². The molecule has 1 aliphatic carbocycles. The van der Waals surface area contributed by atoms with Gasteiger partial charge in [0.15, 0.2) is 5.75 Å². The van der Waals surface area contributed by atoms with E-state index in [-0.39, 0.29) is 0 Å². The van der Waals surface area contributed by atoms with E-state index in [0.717, 1.165) is 5.75 Å². The molecule has 0 saturated heterocycles. The molecule has 1 heterocycles. The van der Waals surface area contributed by atoms with Crippen LogP contribution in [0.3, 0.4) is 0 Å². The number of aryl methyl sites for hydroxylation is 1. The lowest BCUT2D eigenvalue weighted by atomic mass is 9.76. The second-order valence-electron chi connectivity index (χ2n) is 5.98. The van der Waals surface area contributed by atoms with Gasteiger partial charge in [0.2, 0.25) is 0 Å². The molecule has 18 heavy (non-hydrogen) atoms. The number of nitrogens with one attached hydrogen (secondary N) is 1. The maximum absolute atomic E-state index is 5.45. The Morgan fingerprint density at radius 2 is 2.28 bits per heavy atom. The van der Waals surface area contributed by atoms with Crippen molar-refractivity contribution in [2.24, 2.45) is 18.4 Å². The van der Waals surface area contributed by atoms with Gasteiger partial charge in [0.05, 0.1) is 25.0 Å². The van der Waals surface area contributed by atoms with E-state index in [9.17, 15) is 0 Å². The van der Waals surface area contributed by atoms with Crippen molar-refractivity contribution in [1.29, 1.82) is 0 Å². The van der Waals surface area contributed by atoms with Crippen LogP contribution in [0.5, 0.6) is 5.75 Å². The van der Waals surface area contributed by atoms with Gasteiger partial charge >= 0.3 is 0 Å². The molecule has 0 aromatic carbocycles. The lowest BCUT2D eigenvalue weighted by molar-refractivity contribution is 0.195. The maximum Gasteiger partial charge on any atom is 0.161 e. The molecule has 0 spiro atoms. The molecule has 0 aliphatic heterocycles. The van der Waals surface area contributed by atoms with Crippen LogP contribution in [0.1, 0.15) is 44.8 Å². The van der Waals surface area contributed by atoms with Crippen molar-refractivity contribution >= 4 is 0 Å². The van der Waals surface area contributed by atoms with Gasteiger partial charge in [0.1, 0.15) is 0 Å². The number of hydrogen-bond donors (Lipinski definition) is 1. The Balaban J connectivity index is 2.36. The summed E-state index contributed by atoms with van der Waals surface area (Å²) in [6.07, 6.45) is 5.69. The molecule has 2 atom stereocenters. The third kappa shape index (κ3) is 2.14. The van der Waals surface area contributed by atoms with E-state index in [0.29, 0.717) is 17.4 Å². The van der Waals surface area contributed by atoms with Gasteiger partial charge in [-0.05, 0) is 31.2 Å². The molecule has 1 N–H and O–H groups in total. The Kier molecular flexibility index (Phi) is 3.66. The minimum Gasteiger partial charge on any atom is -0.493 e. The van der Waals surface area contributed by atoms with E-state index < -0.39 is 0 Å². The first-order valence-electron chi connectivity index (χ1n) is 6.74. The van der Waals surface area contributed by atoms with Gasteiger partial charge in [-0.15, -0.1) is 0 Å². The molecule has 0 bridgehead atoms. The molecule has 1 aromatic rings. The van der Waals surface area contributed by atoms with Gasteiger partial charge in [-0.25, -0.2) is 0 Å². The van der Waals surface area contributed by atoms with Crippen LogP contribution in [-0.2, 0) is 7.05 Å². The predicted molar refractivity (Wildman–Crippen MR) is 72.7 cm³/mol. The summed E-state index contributed by atoms with van der Waals surface area (Å²) in [6, 6.07) is 0.310. The van der Waals surface area contributed by atoms with Gasteiger partial charge in [-0.1, -0.05) is 20.3 Å². The third-order valence-corrected chi connectivity index (χ3v) is 4.52. The topological polar surface area (TPSA) is 39.1 Å². The molecule has 1 aliphatic rings. The van der Waals surface area contributed by atoms with Gasteiger partial charge in [-0.2, -0.15) is 5.10 Å². The minimum atomic E-state index is 0.310. The molecule has 2 unspecified atom stereocenters. The van der Waals surface area contributed by atoms with Gasteiger partial charge < -0.3 is 10.1 Å². The van der Waals surface area contributed by atoms with Gasteiger partial charge in [-0.3, -0.25) is 4.68 Å². The minimum absolute atomic E-state index is 0.310. The lowest BCUT2D eigenvalue weighted by Gasteiger charge is -2.34. The summed E-state index contributed by atoms with van der Waals surface area (Å²) >= 11 is 0. The number of rotatable bonds is 4. The molecule has 1 saturated carbocycles. The zero-order valence-electron chi connectivity index (χ0n) is 12.2. The monoisotopic (exact) mass is 251 g/mol. The van der Waals surface area contributed by atoms with Crippen molar-refractivity contribution in [3.8, 4) is 5.75 Å². The quantitative estimate of drug-likeness (QED) is 0.893.